The molecule has 0 fully saturated rings. The molecule has 16 heavy (non-hydrogen) atoms. The number of hydrogen-bond donors (Lipinski definition) is 1. The van der Waals surface area contributed by atoms with Crippen LogP contribution in [0.4, 0.5) is 0 Å². The number of H-pyrrole nitrogens is 1. The van der Waals surface area contributed by atoms with E-state index in [2.05, 4.69) is 4.98 Å². The summed E-state index contributed by atoms with van der Waals surface area (Å²) >= 11 is 5.03. The monoisotopic (exact) mass is 274 g/mol. The van der Waals surface area contributed by atoms with Gasteiger partial charge in [0.1, 0.15) is 0 Å². The molecule has 0 aliphatic carbocycles. The summed E-state index contributed by atoms with van der Waals surface area (Å²) in [6.45, 7) is 0. The van der Waals surface area contributed by atoms with Gasteiger partial charge in [0.15, 0.2) is 4.77 Å². The van der Waals surface area contributed by atoms with E-state index in [4.69, 9.17) is 22.9 Å². The molecule has 0 aliphatic heterocycles. The molecule has 0 bridgehead atoms. The number of aromatic nitrogens is 2. The largest absolute Gasteiger partial charge is 0.337 e. The van der Waals surface area contributed by atoms with E-state index in [-0.39, 0.29) is 4.90 Å². The van der Waals surface area contributed by atoms with Crippen LogP contribution in [0.25, 0.3) is 5.69 Å². The van der Waals surface area contributed by atoms with Gasteiger partial charge in [0.25, 0.3) is 9.05 Å². The van der Waals surface area contributed by atoms with Crippen molar-refractivity contribution in [2.24, 2.45) is 0 Å². The van der Waals surface area contributed by atoms with Gasteiger partial charge in [-0.05, 0) is 30.4 Å². The predicted molar refractivity (Wildman–Crippen MR) is 64.0 cm³/mol. The lowest BCUT2D eigenvalue weighted by Crippen LogP contribution is -1.96. The fourth-order valence-corrected chi connectivity index (χ4v) is 2.33. The Balaban J connectivity index is 2.62. The predicted octanol–water partition coefficient (Wildman–Crippen LogP) is 2.46. The highest BCUT2D eigenvalue weighted by Crippen LogP contribution is 2.18. The lowest BCUT2D eigenvalue weighted by atomic mass is 10.3. The van der Waals surface area contributed by atoms with Gasteiger partial charge in [-0.15, -0.1) is 0 Å². The zero-order valence-electron chi connectivity index (χ0n) is 7.92. The van der Waals surface area contributed by atoms with Gasteiger partial charge >= 0.3 is 0 Å². The minimum atomic E-state index is -3.71. The lowest BCUT2D eigenvalue weighted by Gasteiger charge is -2.03. The summed E-state index contributed by atoms with van der Waals surface area (Å²) in [4.78, 5) is 2.87. The Kier molecular flexibility index (Phi) is 2.88. The van der Waals surface area contributed by atoms with Crippen molar-refractivity contribution in [3.8, 4) is 5.69 Å². The number of benzene rings is 1. The molecule has 7 heteroatoms. The average molecular weight is 275 g/mol. The van der Waals surface area contributed by atoms with Gasteiger partial charge in [-0.3, -0.25) is 4.57 Å². The SMILES string of the molecule is O=S(=O)(Cl)c1cccc(-n2cc[nH]c2=S)c1. The third-order valence-corrected chi connectivity index (χ3v) is 3.69. The Bertz CT molecular complexity index is 673. The van der Waals surface area contributed by atoms with Gasteiger partial charge in [0.2, 0.25) is 0 Å². The van der Waals surface area contributed by atoms with E-state index in [0.29, 0.717) is 10.5 Å². The zero-order chi connectivity index (χ0) is 11.8. The first-order valence-electron chi connectivity index (χ1n) is 4.29. The van der Waals surface area contributed by atoms with Crippen LogP contribution in [0.5, 0.6) is 0 Å². The maximum Gasteiger partial charge on any atom is 0.261 e. The zero-order valence-corrected chi connectivity index (χ0v) is 10.3. The summed E-state index contributed by atoms with van der Waals surface area (Å²) < 4.78 is 24.5. The van der Waals surface area contributed by atoms with Gasteiger partial charge in [-0.2, -0.15) is 0 Å². The van der Waals surface area contributed by atoms with Crippen LogP contribution < -0.4 is 0 Å². The Morgan fingerprint density at radius 1 is 1.38 bits per heavy atom. The Hall–Kier alpha value is -1.11. The molecule has 0 radical (unpaired) electrons. The van der Waals surface area contributed by atoms with Gasteiger partial charge in [0.05, 0.1) is 4.90 Å². The number of nitrogens with one attached hydrogen (secondary N) is 1. The van der Waals surface area contributed by atoms with Crippen LogP contribution in [0.1, 0.15) is 0 Å². The van der Waals surface area contributed by atoms with E-state index in [9.17, 15) is 8.42 Å². The number of hydrogen-bond acceptors (Lipinski definition) is 3. The molecule has 2 rings (SSSR count). The topological polar surface area (TPSA) is 54.9 Å². The van der Waals surface area contributed by atoms with Crippen molar-refractivity contribution in [2.75, 3.05) is 0 Å². The molecule has 1 heterocycles. The second-order valence-electron chi connectivity index (χ2n) is 3.07. The maximum atomic E-state index is 11.2. The fraction of sp³-hybridized carbons (Fsp3) is 0. The molecule has 84 valence electrons. The van der Waals surface area contributed by atoms with Crippen molar-refractivity contribution in [1.82, 2.24) is 9.55 Å². The van der Waals surface area contributed by atoms with Crippen molar-refractivity contribution < 1.29 is 8.42 Å². The molecule has 0 spiro atoms. The molecule has 0 saturated heterocycles. The first-order valence-corrected chi connectivity index (χ1v) is 7.01. The first-order chi connectivity index (χ1) is 7.48. The van der Waals surface area contributed by atoms with Crippen LogP contribution >= 0.6 is 22.9 Å². The Labute approximate surface area is 102 Å². The van der Waals surface area contributed by atoms with Crippen LogP contribution in [0.3, 0.4) is 0 Å². The van der Waals surface area contributed by atoms with Crippen LogP contribution in [0.2, 0.25) is 0 Å². The number of rotatable bonds is 2. The highest BCUT2D eigenvalue weighted by molar-refractivity contribution is 8.13. The lowest BCUT2D eigenvalue weighted by molar-refractivity contribution is 0.609. The summed E-state index contributed by atoms with van der Waals surface area (Å²) in [5, 5.41) is 0. The molecule has 0 saturated carbocycles. The molecule has 2 aromatic rings. The van der Waals surface area contributed by atoms with Crippen molar-refractivity contribution in [1.29, 1.82) is 0 Å². The summed E-state index contributed by atoms with van der Waals surface area (Å²) in [6, 6.07) is 6.25. The van der Waals surface area contributed by atoms with E-state index in [0.717, 1.165) is 0 Å². The minimum absolute atomic E-state index is 0.0507. The van der Waals surface area contributed by atoms with Crippen molar-refractivity contribution in [3.63, 3.8) is 0 Å². The van der Waals surface area contributed by atoms with Crippen LogP contribution in [-0.4, -0.2) is 18.0 Å². The van der Waals surface area contributed by atoms with Crippen LogP contribution in [0, 0.1) is 4.77 Å². The smallest absolute Gasteiger partial charge is 0.261 e. The van der Waals surface area contributed by atoms with E-state index >= 15 is 0 Å². The Morgan fingerprint density at radius 2 is 2.12 bits per heavy atom. The second-order valence-corrected chi connectivity index (χ2v) is 6.02. The summed E-state index contributed by atoms with van der Waals surface area (Å²) in [7, 11) is 1.55. The molecular formula is C9H7ClN2O2S2. The van der Waals surface area contributed by atoms with E-state index in [1.54, 1.807) is 29.1 Å². The number of nitrogens with zero attached hydrogens (tertiary/aromatic N) is 1. The molecule has 1 aromatic carbocycles. The quantitative estimate of drug-likeness (QED) is 0.676. The molecule has 4 nitrogen and oxygen atoms in total. The van der Waals surface area contributed by atoms with Gasteiger partial charge in [-0.1, -0.05) is 6.07 Å². The van der Waals surface area contributed by atoms with E-state index in [1.807, 2.05) is 0 Å². The molecule has 0 unspecified atom stereocenters. The van der Waals surface area contributed by atoms with Crippen LogP contribution in [0.15, 0.2) is 41.6 Å². The molecule has 0 amide bonds. The number of aromatic amines is 1. The average Bonchev–Trinajstić information content (AvgIpc) is 2.63. The van der Waals surface area contributed by atoms with Crippen molar-refractivity contribution >= 4 is 32.0 Å². The third kappa shape index (κ3) is 2.18. The standard InChI is InChI=1S/C9H7ClN2O2S2/c10-16(13,14)8-3-1-2-7(6-8)12-5-4-11-9(12)15/h1-6H,(H,11,15). The third-order valence-electron chi connectivity index (χ3n) is 2.03. The first kappa shape index (κ1) is 11.4. The number of imidazole rings is 1. The van der Waals surface area contributed by atoms with E-state index < -0.39 is 9.05 Å². The molecule has 0 atom stereocenters. The van der Waals surface area contributed by atoms with Gasteiger partial charge in [0, 0.05) is 28.8 Å². The van der Waals surface area contributed by atoms with Crippen molar-refractivity contribution in [2.45, 2.75) is 4.90 Å². The maximum absolute atomic E-state index is 11.2. The number of halogens is 1. The summed E-state index contributed by atoms with van der Waals surface area (Å²) in [5.74, 6) is 0. The van der Waals surface area contributed by atoms with Gasteiger partial charge < -0.3 is 4.98 Å². The highest BCUT2D eigenvalue weighted by atomic mass is 35.7. The highest BCUT2D eigenvalue weighted by Gasteiger charge is 2.10. The van der Waals surface area contributed by atoms with E-state index in [1.165, 1.54) is 12.1 Å². The van der Waals surface area contributed by atoms with Gasteiger partial charge in [-0.25, -0.2) is 8.42 Å². The second kappa shape index (κ2) is 4.04. The molecule has 1 aromatic heterocycles. The van der Waals surface area contributed by atoms with Crippen LogP contribution in [-0.2, 0) is 9.05 Å². The molecule has 0 aliphatic rings. The summed E-state index contributed by atoms with van der Waals surface area (Å²) in [5.41, 5.74) is 0.646. The normalized spacial score (nSPS) is 11.6. The summed E-state index contributed by atoms with van der Waals surface area (Å²) in [6.07, 6.45) is 3.38. The Morgan fingerprint density at radius 3 is 2.69 bits per heavy atom. The fourth-order valence-electron chi connectivity index (χ4n) is 1.31. The van der Waals surface area contributed by atoms with Crippen molar-refractivity contribution in [3.05, 3.63) is 41.4 Å². The molecule has 1 N–H and O–H groups in total. The molecular weight excluding hydrogens is 268 g/mol. The minimum Gasteiger partial charge on any atom is -0.337 e.